The lowest BCUT2D eigenvalue weighted by Gasteiger charge is -2.10. The topological polar surface area (TPSA) is 56.9 Å². The van der Waals surface area contributed by atoms with Crippen molar-refractivity contribution in [3.63, 3.8) is 0 Å². The molecule has 0 saturated carbocycles. The Morgan fingerprint density at radius 2 is 1.75 bits per heavy atom. The molecule has 1 heterocycles. The van der Waals surface area contributed by atoms with Gasteiger partial charge in [0.1, 0.15) is 5.82 Å². The lowest BCUT2D eigenvalue weighted by Crippen LogP contribution is -2.19. The van der Waals surface area contributed by atoms with Gasteiger partial charge >= 0.3 is 6.03 Å². The summed E-state index contributed by atoms with van der Waals surface area (Å²) in [7, 11) is 0. The number of hydrogen-bond donors (Lipinski definition) is 3. The van der Waals surface area contributed by atoms with Crippen LogP contribution >= 0.6 is 11.6 Å². The Kier molecular flexibility index (Phi) is 4.75. The number of urea groups is 1. The number of amides is 2. The number of H-pyrrole nitrogens is 1. The molecule has 28 heavy (non-hydrogen) atoms. The zero-order chi connectivity index (χ0) is 19.7. The van der Waals surface area contributed by atoms with E-state index in [0.717, 1.165) is 22.2 Å². The minimum absolute atomic E-state index is 0.369. The van der Waals surface area contributed by atoms with Crippen LogP contribution in [-0.2, 0) is 0 Å². The molecule has 0 saturated heterocycles. The van der Waals surface area contributed by atoms with Crippen molar-refractivity contribution in [1.82, 2.24) is 4.98 Å². The molecule has 0 fully saturated rings. The molecule has 4 rings (SSSR count). The monoisotopic (exact) mass is 393 g/mol. The highest BCUT2D eigenvalue weighted by Crippen LogP contribution is 2.35. The maximum Gasteiger partial charge on any atom is 0.323 e. The molecule has 4 nitrogen and oxygen atoms in total. The molecular formula is C22H17ClFN3O. The summed E-state index contributed by atoms with van der Waals surface area (Å²) in [6.45, 7) is 1.67. The SMILES string of the molecule is Cc1ccc(NC(=O)Nc2c(-c3ccc(Cl)cc3)[nH]c3ccccc23)cc1F. The van der Waals surface area contributed by atoms with E-state index in [1.807, 2.05) is 36.4 Å². The van der Waals surface area contributed by atoms with Crippen LogP contribution in [0.2, 0.25) is 5.02 Å². The molecular weight excluding hydrogens is 377 g/mol. The van der Waals surface area contributed by atoms with E-state index in [-0.39, 0.29) is 5.82 Å². The van der Waals surface area contributed by atoms with Gasteiger partial charge < -0.3 is 15.6 Å². The number of para-hydroxylation sites is 1. The van der Waals surface area contributed by atoms with E-state index in [4.69, 9.17) is 11.6 Å². The maximum absolute atomic E-state index is 13.7. The molecule has 140 valence electrons. The van der Waals surface area contributed by atoms with Crippen LogP contribution in [0.1, 0.15) is 5.56 Å². The molecule has 0 atom stereocenters. The van der Waals surface area contributed by atoms with Gasteiger partial charge in [0.15, 0.2) is 0 Å². The van der Waals surface area contributed by atoms with E-state index in [1.54, 1.807) is 31.2 Å². The third-order valence-corrected chi connectivity index (χ3v) is 4.76. The minimum atomic E-state index is -0.455. The summed E-state index contributed by atoms with van der Waals surface area (Å²) in [6.07, 6.45) is 0. The van der Waals surface area contributed by atoms with Gasteiger partial charge in [0.2, 0.25) is 0 Å². The summed E-state index contributed by atoms with van der Waals surface area (Å²) in [6, 6.07) is 19.2. The average Bonchev–Trinajstić information content (AvgIpc) is 3.04. The molecule has 0 unspecified atom stereocenters. The van der Waals surface area contributed by atoms with Crippen molar-refractivity contribution in [2.45, 2.75) is 6.92 Å². The number of anilines is 2. The smallest absolute Gasteiger partial charge is 0.323 e. The van der Waals surface area contributed by atoms with Crippen molar-refractivity contribution >= 4 is 39.9 Å². The van der Waals surface area contributed by atoms with E-state index in [0.29, 0.717) is 22.0 Å². The number of aromatic amines is 1. The van der Waals surface area contributed by atoms with E-state index < -0.39 is 6.03 Å². The summed E-state index contributed by atoms with van der Waals surface area (Å²) in [5.41, 5.74) is 4.09. The zero-order valence-electron chi connectivity index (χ0n) is 15.0. The van der Waals surface area contributed by atoms with E-state index in [2.05, 4.69) is 15.6 Å². The summed E-state index contributed by atoms with van der Waals surface area (Å²) in [4.78, 5) is 15.9. The first kappa shape index (κ1) is 18.1. The van der Waals surface area contributed by atoms with Gasteiger partial charge in [-0.3, -0.25) is 0 Å². The Bertz CT molecular complexity index is 1170. The van der Waals surface area contributed by atoms with Crippen LogP contribution in [0.4, 0.5) is 20.6 Å². The summed E-state index contributed by atoms with van der Waals surface area (Å²) in [5.74, 6) is -0.369. The second-order valence-electron chi connectivity index (χ2n) is 6.47. The zero-order valence-corrected chi connectivity index (χ0v) is 15.8. The Morgan fingerprint density at radius 1 is 1.00 bits per heavy atom. The van der Waals surface area contributed by atoms with Crippen LogP contribution in [0.5, 0.6) is 0 Å². The Balaban J connectivity index is 1.68. The molecule has 0 radical (unpaired) electrons. The van der Waals surface area contributed by atoms with Crippen LogP contribution in [0.15, 0.2) is 66.7 Å². The predicted molar refractivity (Wildman–Crippen MR) is 113 cm³/mol. The van der Waals surface area contributed by atoms with Crippen molar-refractivity contribution in [3.05, 3.63) is 83.1 Å². The highest BCUT2D eigenvalue weighted by Gasteiger charge is 2.16. The number of carbonyl (C=O) groups excluding carboxylic acids is 1. The van der Waals surface area contributed by atoms with Crippen LogP contribution < -0.4 is 10.6 Å². The highest BCUT2D eigenvalue weighted by molar-refractivity contribution is 6.30. The van der Waals surface area contributed by atoms with E-state index in [1.165, 1.54) is 6.07 Å². The number of rotatable bonds is 3. The Hall–Kier alpha value is -3.31. The van der Waals surface area contributed by atoms with Crippen LogP contribution in [0.25, 0.3) is 22.2 Å². The summed E-state index contributed by atoms with van der Waals surface area (Å²) in [5, 5.41) is 7.07. The number of carbonyl (C=O) groups is 1. The first-order valence-electron chi connectivity index (χ1n) is 8.72. The number of nitrogens with one attached hydrogen (secondary N) is 3. The van der Waals surface area contributed by atoms with E-state index in [9.17, 15) is 9.18 Å². The Morgan fingerprint density at radius 3 is 2.50 bits per heavy atom. The fourth-order valence-electron chi connectivity index (χ4n) is 3.05. The first-order valence-corrected chi connectivity index (χ1v) is 9.10. The lowest BCUT2D eigenvalue weighted by molar-refractivity contribution is 0.262. The highest BCUT2D eigenvalue weighted by atomic mass is 35.5. The molecule has 0 aliphatic carbocycles. The molecule has 3 aromatic carbocycles. The standard InChI is InChI=1S/C22H17ClFN3O/c1-13-6-11-16(12-18(13)24)25-22(28)27-21-17-4-2-3-5-19(17)26-20(21)14-7-9-15(23)10-8-14/h2-12,26H,1H3,(H2,25,27,28). The fourth-order valence-corrected chi connectivity index (χ4v) is 3.18. The molecule has 4 aromatic rings. The van der Waals surface area contributed by atoms with Gasteiger partial charge in [-0.2, -0.15) is 0 Å². The van der Waals surface area contributed by atoms with Gasteiger partial charge in [0.25, 0.3) is 0 Å². The van der Waals surface area contributed by atoms with Gasteiger partial charge in [-0.25, -0.2) is 9.18 Å². The van der Waals surface area contributed by atoms with Gasteiger partial charge in [-0.05, 0) is 42.8 Å². The molecule has 6 heteroatoms. The number of benzene rings is 3. The van der Waals surface area contributed by atoms with Gasteiger partial charge in [-0.15, -0.1) is 0 Å². The number of aryl methyl sites for hydroxylation is 1. The quantitative estimate of drug-likeness (QED) is 0.361. The van der Waals surface area contributed by atoms with E-state index >= 15 is 0 Å². The number of aromatic nitrogens is 1. The normalized spacial score (nSPS) is 10.8. The first-order chi connectivity index (χ1) is 13.5. The van der Waals surface area contributed by atoms with Crippen molar-refractivity contribution < 1.29 is 9.18 Å². The van der Waals surface area contributed by atoms with Crippen LogP contribution in [-0.4, -0.2) is 11.0 Å². The summed E-state index contributed by atoms with van der Waals surface area (Å²) >= 11 is 6.00. The van der Waals surface area contributed by atoms with Crippen LogP contribution in [0.3, 0.4) is 0 Å². The van der Waals surface area contributed by atoms with Gasteiger partial charge in [0.05, 0.1) is 11.4 Å². The maximum atomic E-state index is 13.7. The van der Waals surface area contributed by atoms with Crippen molar-refractivity contribution in [3.8, 4) is 11.3 Å². The van der Waals surface area contributed by atoms with Crippen LogP contribution in [0, 0.1) is 12.7 Å². The van der Waals surface area contributed by atoms with Gasteiger partial charge in [0, 0.05) is 27.2 Å². The second-order valence-corrected chi connectivity index (χ2v) is 6.91. The fraction of sp³-hybridized carbons (Fsp3) is 0.0455. The third-order valence-electron chi connectivity index (χ3n) is 4.51. The Labute approximate surface area is 166 Å². The summed E-state index contributed by atoms with van der Waals surface area (Å²) < 4.78 is 13.7. The number of hydrogen-bond acceptors (Lipinski definition) is 1. The molecule has 0 spiro atoms. The predicted octanol–water partition coefficient (Wildman–Crippen LogP) is 6.58. The second kappa shape index (κ2) is 7.37. The number of fused-ring (bicyclic) bond motifs is 1. The number of halogens is 2. The van der Waals surface area contributed by atoms with Crippen molar-refractivity contribution in [1.29, 1.82) is 0 Å². The molecule has 0 bridgehead atoms. The third kappa shape index (κ3) is 3.57. The molecule has 0 aliphatic rings. The average molecular weight is 394 g/mol. The van der Waals surface area contributed by atoms with Crippen molar-refractivity contribution in [2.75, 3.05) is 10.6 Å². The van der Waals surface area contributed by atoms with Crippen molar-refractivity contribution in [2.24, 2.45) is 0 Å². The van der Waals surface area contributed by atoms with Gasteiger partial charge in [-0.1, -0.05) is 48.0 Å². The largest absolute Gasteiger partial charge is 0.353 e. The molecule has 0 aliphatic heterocycles. The lowest BCUT2D eigenvalue weighted by atomic mass is 10.1. The molecule has 1 aromatic heterocycles. The minimum Gasteiger partial charge on any atom is -0.353 e. The molecule has 2 amide bonds. The molecule has 3 N–H and O–H groups in total.